The Morgan fingerprint density at radius 2 is 1.95 bits per heavy atom. The summed E-state index contributed by atoms with van der Waals surface area (Å²) in [5, 5.41) is 3.47. The van der Waals surface area contributed by atoms with Crippen molar-refractivity contribution < 1.29 is 9.47 Å². The number of nitrogens with one attached hydrogen (secondary N) is 1. The average molecular weight is 278 g/mol. The summed E-state index contributed by atoms with van der Waals surface area (Å²) in [7, 11) is 3.43. The first-order chi connectivity index (χ1) is 9.85. The molecule has 0 spiro atoms. The SMILES string of the molecule is COCC(CNCc1ccccc1N1CCCC1)OC. The lowest BCUT2D eigenvalue weighted by Gasteiger charge is -2.22. The smallest absolute Gasteiger partial charge is 0.0928 e. The third-order valence-electron chi connectivity index (χ3n) is 3.81. The molecule has 2 rings (SSSR count). The molecular weight excluding hydrogens is 252 g/mol. The number of para-hydroxylation sites is 1. The number of nitrogens with zero attached hydrogens (tertiary/aromatic N) is 1. The zero-order chi connectivity index (χ0) is 14.2. The summed E-state index contributed by atoms with van der Waals surface area (Å²) < 4.78 is 10.5. The molecule has 4 heteroatoms. The van der Waals surface area contributed by atoms with Crippen molar-refractivity contribution >= 4 is 5.69 Å². The number of hydrogen-bond donors (Lipinski definition) is 1. The van der Waals surface area contributed by atoms with Crippen LogP contribution in [-0.4, -0.2) is 46.6 Å². The zero-order valence-corrected chi connectivity index (χ0v) is 12.6. The fourth-order valence-corrected chi connectivity index (χ4v) is 2.69. The Balaban J connectivity index is 1.89. The number of anilines is 1. The maximum atomic E-state index is 5.36. The summed E-state index contributed by atoms with van der Waals surface area (Å²) >= 11 is 0. The van der Waals surface area contributed by atoms with Crippen LogP contribution in [0.3, 0.4) is 0 Å². The zero-order valence-electron chi connectivity index (χ0n) is 12.6. The predicted molar refractivity (Wildman–Crippen MR) is 82.3 cm³/mol. The van der Waals surface area contributed by atoms with Crippen LogP contribution in [0.15, 0.2) is 24.3 Å². The number of methoxy groups -OCH3 is 2. The third-order valence-corrected chi connectivity index (χ3v) is 3.81. The molecule has 1 aromatic carbocycles. The molecule has 20 heavy (non-hydrogen) atoms. The van der Waals surface area contributed by atoms with Crippen LogP contribution in [0.25, 0.3) is 0 Å². The summed E-state index contributed by atoms with van der Waals surface area (Å²) in [6, 6.07) is 8.67. The fourth-order valence-electron chi connectivity index (χ4n) is 2.69. The first-order valence-corrected chi connectivity index (χ1v) is 7.40. The van der Waals surface area contributed by atoms with E-state index < -0.39 is 0 Å². The first-order valence-electron chi connectivity index (χ1n) is 7.40. The van der Waals surface area contributed by atoms with Crippen molar-refractivity contribution in [2.75, 3.05) is 45.4 Å². The summed E-state index contributed by atoms with van der Waals surface area (Å²) in [4.78, 5) is 2.49. The van der Waals surface area contributed by atoms with E-state index in [2.05, 4.69) is 34.5 Å². The van der Waals surface area contributed by atoms with E-state index in [-0.39, 0.29) is 6.10 Å². The highest BCUT2D eigenvalue weighted by Gasteiger charge is 2.15. The van der Waals surface area contributed by atoms with E-state index in [1.54, 1.807) is 14.2 Å². The van der Waals surface area contributed by atoms with Crippen LogP contribution in [0.1, 0.15) is 18.4 Å². The van der Waals surface area contributed by atoms with Crippen LogP contribution in [0, 0.1) is 0 Å². The van der Waals surface area contributed by atoms with Gasteiger partial charge in [0.1, 0.15) is 0 Å². The van der Waals surface area contributed by atoms with Gasteiger partial charge in [0, 0.05) is 46.1 Å². The van der Waals surface area contributed by atoms with E-state index >= 15 is 0 Å². The number of ether oxygens (including phenoxy) is 2. The molecule has 1 saturated heterocycles. The molecule has 1 unspecified atom stereocenters. The van der Waals surface area contributed by atoms with Gasteiger partial charge >= 0.3 is 0 Å². The molecule has 0 amide bonds. The molecule has 1 fully saturated rings. The van der Waals surface area contributed by atoms with Gasteiger partial charge in [-0.2, -0.15) is 0 Å². The Kier molecular flexibility index (Phi) is 6.30. The van der Waals surface area contributed by atoms with Crippen molar-refractivity contribution in [2.24, 2.45) is 0 Å². The van der Waals surface area contributed by atoms with Gasteiger partial charge < -0.3 is 19.7 Å². The van der Waals surface area contributed by atoms with Crippen molar-refractivity contribution in [3.05, 3.63) is 29.8 Å². The van der Waals surface area contributed by atoms with Crippen LogP contribution in [0.2, 0.25) is 0 Å². The van der Waals surface area contributed by atoms with Crippen LogP contribution < -0.4 is 10.2 Å². The molecular formula is C16H26N2O2. The average Bonchev–Trinajstić information content (AvgIpc) is 3.01. The van der Waals surface area contributed by atoms with E-state index in [0.29, 0.717) is 6.61 Å². The standard InChI is InChI=1S/C16H26N2O2/c1-19-13-15(20-2)12-17-11-14-7-3-4-8-16(14)18-9-5-6-10-18/h3-4,7-8,15,17H,5-6,9-13H2,1-2H3. The maximum absolute atomic E-state index is 5.36. The van der Waals surface area contributed by atoms with E-state index in [9.17, 15) is 0 Å². The molecule has 1 aliphatic heterocycles. The monoisotopic (exact) mass is 278 g/mol. The minimum Gasteiger partial charge on any atom is -0.382 e. The van der Waals surface area contributed by atoms with E-state index in [1.165, 1.54) is 37.2 Å². The topological polar surface area (TPSA) is 33.7 Å². The number of hydrogen-bond acceptors (Lipinski definition) is 4. The second kappa shape index (κ2) is 8.25. The molecule has 0 radical (unpaired) electrons. The van der Waals surface area contributed by atoms with E-state index in [4.69, 9.17) is 9.47 Å². The van der Waals surface area contributed by atoms with Gasteiger partial charge in [0.25, 0.3) is 0 Å². The van der Waals surface area contributed by atoms with Gasteiger partial charge in [0.2, 0.25) is 0 Å². The van der Waals surface area contributed by atoms with Crippen molar-refractivity contribution in [3.8, 4) is 0 Å². The first kappa shape index (κ1) is 15.3. The number of rotatable bonds is 8. The van der Waals surface area contributed by atoms with Gasteiger partial charge in [-0.05, 0) is 24.5 Å². The number of benzene rings is 1. The van der Waals surface area contributed by atoms with E-state index in [1.807, 2.05) is 0 Å². The Bertz CT molecular complexity index is 392. The molecule has 1 atom stereocenters. The molecule has 1 aliphatic rings. The Morgan fingerprint density at radius 1 is 1.20 bits per heavy atom. The van der Waals surface area contributed by atoms with Gasteiger partial charge in [0.15, 0.2) is 0 Å². The van der Waals surface area contributed by atoms with Crippen LogP contribution in [-0.2, 0) is 16.0 Å². The summed E-state index contributed by atoms with van der Waals surface area (Å²) in [6.07, 6.45) is 2.72. The molecule has 112 valence electrons. The maximum Gasteiger partial charge on any atom is 0.0928 e. The Hall–Kier alpha value is -1.10. The Labute approximate surface area is 122 Å². The molecule has 0 bridgehead atoms. The Morgan fingerprint density at radius 3 is 2.65 bits per heavy atom. The highest BCUT2D eigenvalue weighted by atomic mass is 16.5. The van der Waals surface area contributed by atoms with Gasteiger partial charge in [-0.3, -0.25) is 0 Å². The lowest BCUT2D eigenvalue weighted by atomic mass is 10.1. The second-order valence-corrected chi connectivity index (χ2v) is 5.27. The van der Waals surface area contributed by atoms with Crippen LogP contribution in [0.4, 0.5) is 5.69 Å². The predicted octanol–water partition coefficient (Wildman–Crippen LogP) is 2.04. The van der Waals surface area contributed by atoms with Crippen LogP contribution in [0.5, 0.6) is 0 Å². The van der Waals surface area contributed by atoms with Gasteiger partial charge in [-0.1, -0.05) is 18.2 Å². The molecule has 0 aromatic heterocycles. The van der Waals surface area contributed by atoms with Gasteiger partial charge in [0.05, 0.1) is 12.7 Å². The van der Waals surface area contributed by atoms with Crippen molar-refractivity contribution in [3.63, 3.8) is 0 Å². The molecule has 0 aliphatic carbocycles. The largest absolute Gasteiger partial charge is 0.382 e. The minimum atomic E-state index is 0.110. The second-order valence-electron chi connectivity index (χ2n) is 5.27. The van der Waals surface area contributed by atoms with Crippen molar-refractivity contribution in [1.29, 1.82) is 0 Å². The van der Waals surface area contributed by atoms with Gasteiger partial charge in [-0.25, -0.2) is 0 Å². The quantitative estimate of drug-likeness (QED) is 0.789. The lowest BCUT2D eigenvalue weighted by Crippen LogP contribution is -2.32. The highest BCUT2D eigenvalue weighted by molar-refractivity contribution is 5.54. The summed E-state index contributed by atoms with van der Waals surface area (Å²) in [5.74, 6) is 0. The molecule has 1 heterocycles. The molecule has 0 saturated carbocycles. The normalized spacial score (nSPS) is 16.6. The molecule has 1 aromatic rings. The fraction of sp³-hybridized carbons (Fsp3) is 0.625. The summed E-state index contributed by atoms with van der Waals surface area (Å²) in [5.41, 5.74) is 2.74. The minimum absolute atomic E-state index is 0.110. The molecule has 1 N–H and O–H groups in total. The highest BCUT2D eigenvalue weighted by Crippen LogP contribution is 2.24. The van der Waals surface area contributed by atoms with Crippen molar-refractivity contribution in [1.82, 2.24) is 5.32 Å². The third kappa shape index (κ3) is 4.20. The van der Waals surface area contributed by atoms with Gasteiger partial charge in [-0.15, -0.1) is 0 Å². The van der Waals surface area contributed by atoms with E-state index in [0.717, 1.165) is 13.1 Å². The molecule has 4 nitrogen and oxygen atoms in total. The summed E-state index contributed by atoms with van der Waals surface area (Å²) in [6.45, 7) is 4.66. The lowest BCUT2D eigenvalue weighted by molar-refractivity contribution is 0.0288. The van der Waals surface area contributed by atoms with Crippen LogP contribution >= 0.6 is 0 Å². The van der Waals surface area contributed by atoms with Crippen molar-refractivity contribution in [2.45, 2.75) is 25.5 Å².